The highest BCUT2D eigenvalue weighted by Crippen LogP contribution is 2.52. The van der Waals surface area contributed by atoms with E-state index in [0.717, 1.165) is 18.4 Å². The first-order valence-electron chi connectivity index (χ1n) is 4.95. The van der Waals surface area contributed by atoms with Crippen molar-refractivity contribution >= 4 is 0 Å². The van der Waals surface area contributed by atoms with Gasteiger partial charge >= 0.3 is 0 Å². The van der Waals surface area contributed by atoms with Gasteiger partial charge in [-0.25, -0.2) is 0 Å². The Hall–Kier alpha value is -1.37. The molecule has 1 saturated carbocycles. The molecule has 1 atom stereocenters. The number of hydrogen-bond donors (Lipinski definition) is 1. The van der Waals surface area contributed by atoms with Gasteiger partial charge in [-0.15, -0.1) is 0 Å². The van der Waals surface area contributed by atoms with E-state index in [-0.39, 0.29) is 5.41 Å². The zero-order valence-corrected chi connectivity index (χ0v) is 8.60. The van der Waals surface area contributed by atoms with Gasteiger partial charge in [0, 0.05) is 12.5 Å². The lowest BCUT2D eigenvalue weighted by Gasteiger charge is -2.22. The van der Waals surface area contributed by atoms with E-state index in [1.807, 2.05) is 18.2 Å². The van der Waals surface area contributed by atoms with Crippen LogP contribution in [0, 0.1) is 11.3 Å². The molecule has 3 nitrogen and oxygen atoms in total. The molecule has 0 amide bonds. The molecule has 0 spiro atoms. The van der Waals surface area contributed by atoms with Crippen LogP contribution in [0.3, 0.4) is 0 Å². The molecule has 1 unspecified atom stereocenters. The van der Waals surface area contributed by atoms with Crippen molar-refractivity contribution in [3.8, 4) is 6.07 Å². The fraction of sp³-hybridized carbons (Fsp3) is 0.417. The Labute approximate surface area is 88.9 Å². The normalized spacial score (nSPS) is 19.3. The minimum atomic E-state index is -0.813. The molecule has 0 saturated heterocycles. The summed E-state index contributed by atoms with van der Waals surface area (Å²) in [5.74, 6) is 0. The van der Waals surface area contributed by atoms with Crippen LogP contribution in [0.5, 0.6) is 0 Å². The molecule has 1 fully saturated rings. The second kappa shape index (κ2) is 3.65. The van der Waals surface area contributed by atoms with E-state index in [0.29, 0.717) is 5.56 Å². The lowest BCUT2D eigenvalue weighted by molar-refractivity contribution is -0.0998. The van der Waals surface area contributed by atoms with E-state index < -0.39 is 6.29 Å². The molecule has 78 valence electrons. The van der Waals surface area contributed by atoms with Gasteiger partial charge in [0.15, 0.2) is 6.29 Å². The highest BCUT2D eigenvalue weighted by molar-refractivity contribution is 5.45. The summed E-state index contributed by atoms with van der Waals surface area (Å²) < 4.78 is 4.98. The van der Waals surface area contributed by atoms with Gasteiger partial charge in [0.05, 0.1) is 11.6 Å². The molecule has 0 aliphatic heterocycles. The maximum absolute atomic E-state index is 9.79. The Kier molecular flexibility index (Phi) is 2.47. The number of hydrogen-bond acceptors (Lipinski definition) is 3. The molecular formula is C12H13NO2. The van der Waals surface area contributed by atoms with Crippen LogP contribution in [0.1, 0.15) is 24.0 Å². The minimum absolute atomic E-state index is 0.346. The molecule has 0 bridgehead atoms. The predicted molar refractivity (Wildman–Crippen MR) is 55.1 cm³/mol. The molecule has 1 aliphatic rings. The van der Waals surface area contributed by atoms with Gasteiger partial charge in [-0.3, -0.25) is 0 Å². The smallest absolute Gasteiger partial charge is 0.163 e. The number of rotatable bonds is 3. The van der Waals surface area contributed by atoms with Gasteiger partial charge < -0.3 is 9.84 Å². The molecule has 0 heterocycles. The number of nitrogens with zero attached hydrogens (tertiary/aromatic N) is 1. The van der Waals surface area contributed by atoms with Gasteiger partial charge in [-0.2, -0.15) is 5.26 Å². The fourth-order valence-electron chi connectivity index (χ4n) is 2.02. The fourth-order valence-corrected chi connectivity index (χ4v) is 2.02. The van der Waals surface area contributed by atoms with E-state index in [2.05, 4.69) is 6.07 Å². The molecule has 1 aromatic carbocycles. The lowest BCUT2D eigenvalue weighted by atomic mass is 9.91. The highest BCUT2D eigenvalue weighted by Gasteiger charge is 2.52. The number of ether oxygens (including phenoxy) is 1. The van der Waals surface area contributed by atoms with E-state index in [1.54, 1.807) is 6.07 Å². The first kappa shape index (κ1) is 10.2. The van der Waals surface area contributed by atoms with Crippen LogP contribution in [-0.4, -0.2) is 18.5 Å². The Morgan fingerprint density at radius 2 is 2.13 bits per heavy atom. The van der Waals surface area contributed by atoms with E-state index in [1.165, 1.54) is 7.11 Å². The van der Waals surface area contributed by atoms with Gasteiger partial charge in [-0.05, 0) is 24.5 Å². The first-order chi connectivity index (χ1) is 7.24. The molecule has 2 rings (SSSR count). The molecule has 15 heavy (non-hydrogen) atoms. The number of aliphatic hydroxyl groups is 1. The van der Waals surface area contributed by atoms with Crippen LogP contribution in [0.4, 0.5) is 0 Å². The van der Waals surface area contributed by atoms with Crippen molar-refractivity contribution in [3.05, 3.63) is 35.4 Å². The summed E-state index contributed by atoms with van der Waals surface area (Å²) in [6, 6.07) is 9.54. The quantitative estimate of drug-likeness (QED) is 0.758. The zero-order valence-electron chi connectivity index (χ0n) is 8.60. The van der Waals surface area contributed by atoms with Crippen molar-refractivity contribution in [3.63, 3.8) is 0 Å². The van der Waals surface area contributed by atoms with Gasteiger partial charge in [0.1, 0.15) is 0 Å². The van der Waals surface area contributed by atoms with Gasteiger partial charge in [0.25, 0.3) is 0 Å². The van der Waals surface area contributed by atoms with Crippen molar-refractivity contribution in [1.29, 1.82) is 5.26 Å². The number of nitriles is 1. The van der Waals surface area contributed by atoms with Crippen LogP contribution in [0.2, 0.25) is 0 Å². The largest absolute Gasteiger partial charge is 0.367 e. The topological polar surface area (TPSA) is 53.2 Å². The molecule has 0 radical (unpaired) electrons. The zero-order chi connectivity index (χ0) is 10.9. The Morgan fingerprint density at radius 1 is 1.47 bits per heavy atom. The lowest BCUT2D eigenvalue weighted by Crippen LogP contribution is -2.28. The second-order valence-corrected chi connectivity index (χ2v) is 3.90. The summed E-state index contributed by atoms with van der Waals surface area (Å²) in [7, 11) is 1.49. The third-order valence-electron chi connectivity index (χ3n) is 3.07. The average Bonchev–Trinajstić information content (AvgIpc) is 3.09. The van der Waals surface area contributed by atoms with Gasteiger partial charge in [-0.1, -0.05) is 18.2 Å². The Bertz CT molecular complexity index is 404. The van der Waals surface area contributed by atoms with Crippen molar-refractivity contribution in [1.82, 2.24) is 0 Å². The monoisotopic (exact) mass is 203 g/mol. The summed E-state index contributed by atoms with van der Waals surface area (Å²) in [5, 5.41) is 18.8. The SMILES string of the molecule is COC(O)C1(c2ccccc2C#N)CC1. The van der Waals surface area contributed by atoms with Crippen LogP contribution in [-0.2, 0) is 10.2 Å². The predicted octanol–water partition coefficient (Wildman–Crippen LogP) is 1.55. The number of methoxy groups -OCH3 is 1. The first-order valence-corrected chi connectivity index (χ1v) is 4.95. The molecule has 3 heteroatoms. The van der Waals surface area contributed by atoms with Crippen molar-refractivity contribution in [2.45, 2.75) is 24.5 Å². The molecule has 1 N–H and O–H groups in total. The number of benzene rings is 1. The maximum Gasteiger partial charge on any atom is 0.163 e. The maximum atomic E-state index is 9.79. The summed E-state index contributed by atoms with van der Waals surface area (Å²) in [6.45, 7) is 0. The van der Waals surface area contributed by atoms with E-state index in [4.69, 9.17) is 10.00 Å². The van der Waals surface area contributed by atoms with E-state index >= 15 is 0 Å². The summed E-state index contributed by atoms with van der Waals surface area (Å²) in [5.41, 5.74) is 1.19. The third-order valence-corrected chi connectivity index (χ3v) is 3.07. The van der Waals surface area contributed by atoms with Crippen molar-refractivity contribution < 1.29 is 9.84 Å². The summed E-state index contributed by atoms with van der Waals surface area (Å²) in [4.78, 5) is 0. The van der Waals surface area contributed by atoms with E-state index in [9.17, 15) is 5.11 Å². The minimum Gasteiger partial charge on any atom is -0.367 e. The highest BCUT2D eigenvalue weighted by atomic mass is 16.6. The van der Waals surface area contributed by atoms with Crippen molar-refractivity contribution in [2.75, 3.05) is 7.11 Å². The summed E-state index contributed by atoms with van der Waals surface area (Å²) in [6.07, 6.45) is 0.938. The molecule has 0 aromatic heterocycles. The Morgan fingerprint density at radius 3 is 2.67 bits per heavy atom. The second-order valence-electron chi connectivity index (χ2n) is 3.90. The average molecular weight is 203 g/mol. The standard InChI is InChI=1S/C12H13NO2/c1-15-11(14)12(6-7-12)10-5-3-2-4-9(10)8-13/h2-5,11,14H,6-7H2,1H3. The van der Waals surface area contributed by atoms with Crippen LogP contribution < -0.4 is 0 Å². The number of aliphatic hydroxyl groups excluding tert-OH is 1. The van der Waals surface area contributed by atoms with Crippen LogP contribution in [0.15, 0.2) is 24.3 Å². The Balaban J connectivity index is 2.42. The third kappa shape index (κ3) is 1.52. The van der Waals surface area contributed by atoms with Crippen molar-refractivity contribution in [2.24, 2.45) is 0 Å². The molecule has 1 aromatic rings. The molecule has 1 aliphatic carbocycles. The van der Waals surface area contributed by atoms with Gasteiger partial charge in [0.2, 0.25) is 0 Å². The van der Waals surface area contributed by atoms with Crippen LogP contribution >= 0.6 is 0 Å². The van der Waals surface area contributed by atoms with Crippen LogP contribution in [0.25, 0.3) is 0 Å². The molecular weight excluding hydrogens is 190 g/mol. The summed E-state index contributed by atoms with van der Waals surface area (Å²) >= 11 is 0.